The molecule has 0 saturated carbocycles. The molecule has 0 aromatic carbocycles. The van der Waals surface area contributed by atoms with Gasteiger partial charge in [0, 0.05) is 4.88 Å². The van der Waals surface area contributed by atoms with Crippen molar-refractivity contribution in [3.05, 3.63) is 23.0 Å². The lowest BCUT2D eigenvalue weighted by molar-refractivity contribution is 0.600. The van der Waals surface area contributed by atoms with Crippen LogP contribution in [0.15, 0.2) is 17.3 Å². The number of nitrogen functional groups attached to an aromatic ring is 1. The molecule has 3 N–H and O–H groups in total. The van der Waals surface area contributed by atoms with Gasteiger partial charge in [-0.2, -0.15) is 0 Å². The Hall–Kier alpha value is -1.74. The third-order valence-electron chi connectivity index (χ3n) is 2.78. The fourth-order valence-corrected chi connectivity index (χ4v) is 4.05. The Labute approximate surface area is 114 Å². The summed E-state index contributed by atoms with van der Waals surface area (Å²) < 4.78 is 26.6. The van der Waals surface area contributed by atoms with Crippen molar-refractivity contribution in [3.8, 4) is 0 Å². The number of rotatable bonds is 3. The van der Waals surface area contributed by atoms with Gasteiger partial charge in [-0.3, -0.25) is 4.72 Å². The van der Waals surface area contributed by atoms with Crippen LogP contribution in [0.2, 0.25) is 0 Å². The van der Waals surface area contributed by atoms with Crippen LogP contribution in [0.4, 0.5) is 11.1 Å². The fourth-order valence-electron chi connectivity index (χ4n) is 1.87. The van der Waals surface area contributed by atoms with Crippen molar-refractivity contribution in [2.45, 2.75) is 24.2 Å². The van der Waals surface area contributed by atoms with Gasteiger partial charge in [0.2, 0.25) is 5.95 Å². The summed E-state index contributed by atoms with van der Waals surface area (Å²) in [5.41, 5.74) is 6.32. The minimum absolute atomic E-state index is 0.0305. The first-order valence-corrected chi connectivity index (χ1v) is 7.93. The number of nitrogens with two attached hydrogens (primary N) is 1. The van der Waals surface area contributed by atoms with Crippen LogP contribution in [-0.2, 0) is 22.9 Å². The zero-order chi connectivity index (χ0) is 13.5. The predicted octanol–water partition coefficient (Wildman–Crippen LogP) is 0.805. The maximum atomic E-state index is 12.1. The van der Waals surface area contributed by atoms with Crippen LogP contribution in [-0.4, -0.2) is 23.4 Å². The molecular formula is C10H11N5O2S2. The number of hydrogen-bond acceptors (Lipinski definition) is 7. The molecule has 1 aliphatic rings. The molecule has 0 spiro atoms. The molecule has 0 fully saturated rings. The Morgan fingerprint density at radius 1 is 1.26 bits per heavy atom. The SMILES string of the molecule is Nc1ncc(S(=O)(=O)Nc2nc3c(s2)CCC3)cn1. The van der Waals surface area contributed by atoms with Crippen molar-refractivity contribution in [2.24, 2.45) is 0 Å². The molecule has 3 rings (SSSR count). The maximum Gasteiger partial charge on any atom is 0.266 e. The summed E-state index contributed by atoms with van der Waals surface area (Å²) in [6, 6.07) is 0. The van der Waals surface area contributed by atoms with Gasteiger partial charge < -0.3 is 5.73 Å². The van der Waals surface area contributed by atoms with Crippen LogP contribution < -0.4 is 10.5 Å². The second-order valence-corrected chi connectivity index (χ2v) is 6.89. The average molecular weight is 297 g/mol. The van der Waals surface area contributed by atoms with Gasteiger partial charge in [-0.1, -0.05) is 0 Å². The van der Waals surface area contributed by atoms with E-state index in [1.165, 1.54) is 23.7 Å². The summed E-state index contributed by atoms with van der Waals surface area (Å²) in [6.45, 7) is 0. The number of thiazole rings is 1. The van der Waals surface area contributed by atoms with Gasteiger partial charge in [0.05, 0.1) is 18.1 Å². The topological polar surface area (TPSA) is 111 Å². The molecular weight excluding hydrogens is 286 g/mol. The Kier molecular flexibility index (Phi) is 2.86. The summed E-state index contributed by atoms with van der Waals surface area (Å²) in [7, 11) is -3.70. The van der Waals surface area contributed by atoms with Gasteiger partial charge in [-0.15, -0.1) is 11.3 Å². The first kappa shape index (κ1) is 12.3. The van der Waals surface area contributed by atoms with E-state index in [0.29, 0.717) is 5.13 Å². The minimum atomic E-state index is -3.70. The van der Waals surface area contributed by atoms with Gasteiger partial charge in [0.1, 0.15) is 4.90 Å². The van der Waals surface area contributed by atoms with Crippen LogP contribution in [0.5, 0.6) is 0 Å². The largest absolute Gasteiger partial charge is 0.368 e. The number of anilines is 2. The third kappa shape index (κ3) is 2.38. The highest BCUT2D eigenvalue weighted by molar-refractivity contribution is 7.93. The lowest BCUT2D eigenvalue weighted by atomic mass is 10.4. The van der Waals surface area contributed by atoms with Crippen LogP contribution >= 0.6 is 11.3 Å². The smallest absolute Gasteiger partial charge is 0.266 e. The van der Waals surface area contributed by atoms with E-state index < -0.39 is 10.0 Å². The van der Waals surface area contributed by atoms with Gasteiger partial charge in [0.15, 0.2) is 5.13 Å². The predicted molar refractivity (Wildman–Crippen MR) is 71.4 cm³/mol. The quantitative estimate of drug-likeness (QED) is 0.867. The van der Waals surface area contributed by atoms with Gasteiger partial charge in [-0.05, 0) is 19.3 Å². The highest BCUT2D eigenvalue weighted by Gasteiger charge is 2.21. The summed E-state index contributed by atoms with van der Waals surface area (Å²) in [4.78, 5) is 12.7. The summed E-state index contributed by atoms with van der Waals surface area (Å²) in [5.74, 6) is 0.0344. The van der Waals surface area contributed by atoms with Crippen LogP contribution in [0.1, 0.15) is 17.0 Å². The highest BCUT2D eigenvalue weighted by Crippen LogP contribution is 2.31. The van der Waals surface area contributed by atoms with E-state index >= 15 is 0 Å². The number of nitrogens with zero attached hydrogens (tertiary/aromatic N) is 3. The molecule has 0 saturated heterocycles. The Bertz CT molecular complexity index is 687. The number of hydrogen-bond donors (Lipinski definition) is 2. The minimum Gasteiger partial charge on any atom is -0.368 e. The van der Waals surface area contributed by atoms with Crippen molar-refractivity contribution >= 4 is 32.4 Å². The lowest BCUT2D eigenvalue weighted by Gasteiger charge is -2.04. The number of aromatic nitrogens is 3. The fraction of sp³-hybridized carbons (Fsp3) is 0.300. The van der Waals surface area contributed by atoms with Crippen molar-refractivity contribution in [1.29, 1.82) is 0 Å². The second kappa shape index (κ2) is 4.42. The Balaban J connectivity index is 1.86. The molecule has 0 amide bonds. The van der Waals surface area contributed by atoms with Crippen molar-refractivity contribution in [1.82, 2.24) is 15.0 Å². The van der Waals surface area contributed by atoms with Crippen LogP contribution in [0.25, 0.3) is 0 Å². The van der Waals surface area contributed by atoms with Crippen molar-refractivity contribution < 1.29 is 8.42 Å². The molecule has 0 unspecified atom stereocenters. The molecule has 0 aliphatic heterocycles. The summed E-state index contributed by atoms with van der Waals surface area (Å²) in [5, 5.41) is 0.390. The van der Waals surface area contributed by atoms with Gasteiger partial charge in [-0.25, -0.2) is 23.4 Å². The number of aryl methyl sites for hydroxylation is 2. The second-order valence-electron chi connectivity index (χ2n) is 4.12. The highest BCUT2D eigenvalue weighted by atomic mass is 32.2. The molecule has 2 aromatic heterocycles. The number of fused-ring (bicyclic) bond motifs is 1. The first-order valence-electron chi connectivity index (χ1n) is 5.63. The van der Waals surface area contributed by atoms with Crippen molar-refractivity contribution in [3.63, 3.8) is 0 Å². The Morgan fingerprint density at radius 3 is 2.68 bits per heavy atom. The van der Waals surface area contributed by atoms with Gasteiger partial charge in [0.25, 0.3) is 10.0 Å². The third-order valence-corrected chi connectivity index (χ3v) is 5.27. The van der Waals surface area contributed by atoms with Crippen LogP contribution in [0, 0.1) is 0 Å². The normalized spacial score (nSPS) is 14.3. The number of sulfonamides is 1. The van der Waals surface area contributed by atoms with E-state index in [-0.39, 0.29) is 10.8 Å². The maximum absolute atomic E-state index is 12.1. The molecule has 2 heterocycles. The molecule has 0 radical (unpaired) electrons. The van der Waals surface area contributed by atoms with E-state index in [1.54, 1.807) is 0 Å². The molecule has 0 bridgehead atoms. The zero-order valence-corrected chi connectivity index (χ0v) is 11.5. The standard InChI is InChI=1S/C10H11N5O2S2/c11-9-12-4-6(5-13-9)19(16,17)15-10-14-7-2-1-3-8(7)18-10/h4-5H,1-3H2,(H,14,15)(H2,11,12,13). The monoisotopic (exact) mass is 297 g/mol. The average Bonchev–Trinajstić information content (AvgIpc) is 2.89. The molecule has 1 aliphatic carbocycles. The molecule has 2 aromatic rings. The van der Waals surface area contributed by atoms with E-state index in [2.05, 4.69) is 19.7 Å². The molecule has 100 valence electrons. The Morgan fingerprint density at radius 2 is 2.00 bits per heavy atom. The van der Waals surface area contributed by atoms with E-state index in [0.717, 1.165) is 29.8 Å². The number of nitrogens with one attached hydrogen (secondary N) is 1. The first-order chi connectivity index (χ1) is 9.04. The van der Waals surface area contributed by atoms with E-state index in [9.17, 15) is 8.42 Å². The lowest BCUT2D eigenvalue weighted by Crippen LogP contribution is -2.14. The summed E-state index contributed by atoms with van der Waals surface area (Å²) in [6.07, 6.45) is 5.32. The van der Waals surface area contributed by atoms with Gasteiger partial charge >= 0.3 is 0 Å². The van der Waals surface area contributed by atoms with Crippen molar-refractivity contribution in [2.75, 3.05) is 10.5 Å². The molecule has 9 heteroatoms. The zero-order valence-electron chi connectivity index (χ0n) is 9.83. The van der Waals surface area contributed by atoms with E-state index in [1.807, 2.05) is 0 Å². The van der Waals surface area contributed by atoms with E-state index in [4.69, 9.17) is 5.73 Å². The molecule has 7 nitrogen and oxygen atoms in total. The summed E-state index contributed by atoms with van der Waals surface area (Å²) >= 11 is 1.38. The molecule has 19 heavy (non-hydrogen) atoms. The van der Waals surface area contributed by atoms with Crippen LogP contribution in [0.3, 0.4) is 0 Å². The molecule has 0 atom stereocenters.